The van der Waals surface area contributed by atoms with Crippen LogP contribution in [0, 0.1) is 0 Å². The first-order valence-corrected chi connectivity index (χ1v) is 15.9. The zero-order valence-electron chi connectivity index (χ0n) is 27.6. The number of rotatable bonds is 11. The fraction of sp³-hybridized carbons (Fsp3) is 0.125. The number of ether oxygens (including phenoxy) is 2. The first kappa shape index (κ1) is 31.3. The average Bonchev–Trinajstić information content (AvgIpc) is 3.60. The van der Waals surface area contributed by atoms with Gasteiger partial charge in [-0.15, -0.1) is 5.10 Å². The highest BCUT2D eigenvalue weighted by molar-refractivity contribution is 6.14. The summed E-state index contributed by atoms with van der Waals surface area (Å²) >= 11 is 0. The van der Waals surface area contributed by atoms with Gasteiger partial charge in [0.1, 0.15) is 23.0 Å². The number of hydrogen-bond donors (Lipinski definition) is 0. The topological polar surface area (TPSA) is 90.6 Å². The zero-order valence-corrected chi connectivity index (χ0v) is 27.6. The van der Waals surface area contributed by atoms with Gasteiger partial charge in [-0.2, -0.15) is 0 Å². The third-order valence-corrected chi connectivity index (χ3v) is 8.34. The highest BCUT2D eigenvalue weighted by atomic mass is 16.5. The molecule has 0 N–H and O–H groups in total. The number of methoxy groups -OCH3 is 2. The molecule has 4 aromatic carbocycles. The molecule has 0 unspecified atom stereocenters. The molecule has 242 valence electrons. The van der Waals surface area contributed by atoms with Crippen LogP contribution in [0.1, 0.15) is 22.3 Å². The molecule has 0 bridgehead atoms. The molecule has 0 spiro atoms. The number of anilines is 1. The second-order valence-electron chi connectivity index (χ2n) is 11.6. The quantitative estimate of drug-likeness (QED) is 0.133. The number of aliphatic imine (C=N–C) groups is 1. The van der Waals surface area contributed by atoms with Crippen LogP contribution in [0.3, 0.4) is 0 Å². The predicted molar refractivity (Wildman–Crippen MR) is 194 cm³/mol. The monoisotopic (exact) mass is 645 g/mol. The molecule has 0 amide bonds. The van der Waals surface area contributed by atoms with Crippen molar-refractivity contribution < 1.29 is 9.47 Å². The molecule has 3 aromatic heterocycles. The highest BCUT2D eigenvalue weighted by Gasteiger charge is 2.19. The second-order valence-corrected chi connectivity index (χ2v) is 11.6. The van der Waals surface area contributed by atoms with Crippen LogP contribution in [0.15, 0.2) is 139 Å². The van der Waals surface area contributed by atoms with Gasteiger partial charge in [0.05, 0.1) is 31.8 Å². The molecule has 0 aliphatic carbocycles. The summed E-state index contributed by atoms with van der Waals surface area (Å²) in [6.07, 6.45) is 3.61. The van der Waals surface area contributed by atoms with E-state index < -0.39 is 0 Å². The van der Waals surface area contributed by atoms with Crippen molar-refractivity contribution in [1.82, 2.24) is 25.0 Å². The van der Waals surface area contributed by atoms with Crippen molar-refractivity contribution in [2.45, 2.75) is 13.1 Å². The Bertz CT molecular complexity index is 2110. The molecule has 7 rings (SSSR count). The predicted octanol–water partition coefficient (Wildman–Crippen LogP) is 7.82. The van der Waals surface area contributed by atoms with E-state index in [1.54, 1.807) is 25.1 Å². The Morgan fingerprint density at radius 2 is 1.29 bits per heavy atom. The van der Waals surface area contributed by atoms with Gasteiger partial charge in [-0.3, -0.25) is 0 Å². The normalized spacial score (nSPS) is 10.9. The maximum absolute atomic E-state index is 5.43. The number of aryl methyl sites for hydroxylation is 1. The van der Waals surface area contributed by atoms with Crippen LogP contribution >= 0.6 is 0 Å². The van der Waals surface area contributed by atoms with E-state index in [-0.39, 0.29) is 0 Å². The Morgan fingerprint density at radius 1 is 0.714 bits per heavy atom. The van der Waals surface area contributed by atoms with Crippen molar-refractivity contribution >= 4 is 28.1 Å². The molecule has 0 aliphatic heterocycles. The molecule has 0 atom stereocenters. The molecule has 9 nitrogen and oxygen atoms in total. The van der Waals surface area contributed by atoms with Gasteiger partial charge >= 0.3 is 0 Å². The zero-order chi connectivity index (χ0) is 33.6. The van der Waals surface area contributed by atoms with Gasteiger partial charge in [-0.1, -0.05) is 90.1 Å². The molecule has 3 heterocycles. The molecule has 7 aromatic rings. The van der Waals surface area contributed by atoms with Crippen molar-refractivity contribution in [1.29, 1.82) is 0 Å². The van der Waals surface area contributed by atoms with Gasteiger partial charge < -0.3 is 14.4 Å². The lowest BCUT2D eigenvalue weighted by Crippen LogP contribution is -2.24. The molecule has 0 fully saturated rings. The minimum atomic E-state index is 0.595. The van der Waals surface area contributed by atoms with Crippen LogP contribution in [0.4, 0.5) is 11.6 Å². The van der Waals surface area contributed by atoms with E-state index in [0.29, 0.717) is 18.9 Å². The molecule has 0 aliphatic rings. The van der Waals surface area contributed by atoms with E-state index >= 15 is 0 Å². The van der Waals surface area contributed by atoms with Crippen LogP contribution in [0.2, 0.25) is 0 Å². The van der Waals surface area contributed by atoms with Crippen molar-refractivity contribution in [3.63, 3.8) is 0 Å². The maximum atomic E-state index is 5.43. The van der Waals surface area contributed by atoms with Gasteiger partial charge in [0.15, 0.2) is 5.82 Å². The molecule has 9 heteroatoms. The van der Waals surface area contributed by atoms with E-state index in [0.717, 1.165) is 67.4 Å². The fourth-order valence-corrected chi connectivity index (χ4v) is 5.79. The Labute approximate surface area is 285 Å². The number of aromatic nitrogens is 5. The van der Waals surface area contributed by atoms with E-state index in [2.05, 4.69) is 69.8 Å². The molecule has 0 saturated carbocycles. The summed E-state index contributed by atoms with van der Waals surface area (Å²) < 4.78 is 12.6. The first-order chi connectivity index (χ1) is 24.1. The lowest BCUT2D eigenvalue weighted by molar-refractivity contribution is 0.414. The van der Waals surface area contributed by atoms with E-state index in [1.165, 1.54) is 0 Å². The summed E-state index contributed by atoms with van der Waals surface area (Å²) in [6, 6.07) is 40.7. The highest BCUT2D eigenvalue weighted by Crippen LogP contribution is 2.33. The lowest BCUT2D eigenvalue weighted by Gasteiger charge is -2.26. The Balaban J connectivity index is 1.39. The largest absolute Gasteiger partial charge is 0.497 e. The van der Waals surface area contributed by atoms with Crippen LogP contribution in [-0.4, -0.2) is 44.9 Å². The van der Waals surface area contributed by atoms with Gasteiger partial charge in [0.2, 0.25) is 0 Å². The minimum absolute atomic E-state index is 0.595. The molecule has 0 radical (unpaired) electrons. The number of benzene rings is 4. The smallest absolute Gasteiger partial charge is 0.153 e. The van der Waals surface area contributed by atoms with Crippen LogP contribution in [0.5, 0.6) is 11.5 Å². The Kier molecular flexibility index (Phi) is 9.05. The van der Waals surface area contributed by atoms with Gasteiger partial charge in [-0.25, -0.2) is 19.6 Å². The summed E-state index contributed by atoms with van der Waals surface area (Å²) in [6.45, 7) is 1.19. The van der Waals surface area contributed by atoms with Gasteiger partial charge in [0, 0.05) is 42.8 Å². The van der Waals surface area contributed by atoms with E-state index in [1.807, 2.05) is 80.0 Å². The summed E-state index contributed by atoms with van der Waals surface area (Å²) in [5.74, 6) is 3.00. The maximum Gasteiger partial charge on any atom is 0.153 e. The molecule has 0 saturated heterocycles. The van der Waals surface area contributed by atoms with Crippen molar-refractivity contribution in [2.24, 2.45) is 12.0 Å². The molecular formula is C40H35N7O2. The number of nitrogens with zero attached hydrogens (tertiary/aromatic N) is 7. The SMILES string of the molecule is COc1ccc(CN(Cc2ccc(OC)cc2)c2nc(-c3cnnn3C)cc3cc(N=C(c4ccccc4)c4ccccc4)ncc23)cc1. The Morgan fingerprint density at radius 3 is 1.80 bits per heavy atom. The van der Waals surface area contributed by atoms with Crippen molar-refractivity contribution in [3.8, 4) is 22.9 Å². The third kappa shape index (κ3) is 7.01. The summed E-state index contributed by atoms with van der Waals surface area (Å²) in [4.78, 5) is 17.5. The van der Waals surface area contributed by atoms with Crippen LogP contribution in [0.25, 0.3) is 22.2 Å². The average molecular weight is 646 g/mol. The standard InChI is InChI=1S/C40H35N7O2/c1-46-37(25-42-45-46)36-22-32-23-38(44-39(30-10-6-4-7-11-30)31-12-8-5-9-13-31)41-24-35(32)40(43-36)47(26-28-14-18-33(48-2)19-15-28)27-29-16-20-34(49-3)21-17-29/h4-25H,26-27H2,1-3H3. The first-order valence-electron chi connectivity index (χ1n) is 15.9. The molecule has 49 heavy (non-hydrogen) atoms. The number of pyridine rings is 2. The number of hydrogen-bond acceptors (Lipinski definition) is 8. The second kappa shape index (κ2) is 14.2. The molecular weight excluding hydrogens is 610 g/mol. The minimum Gasteiger partial charge on any atom is -0.497 e. The van der Waals surface area contributed by atoms with E-state index in [9.17, 15) is 0 Å². The fourth-order valence-electron chi connectivity index (χ4n) is 5.79. The van der Waals surface area contributed by atoms with Crippen molar-refractivity contribution in [2.75, 3.05) is 19.1 Å². The third-order valence-electron chi connectivity index (χ3n) is 8.34. The lowest BCUT2D eigenvalue weighted by atomic mass is 10.0. The van der Waals surface area contributed by atoms with Crippen molar-refractivity contribution in [3.05, 3.63) is 156 Å². The van der Waals surface area contributed by atoms with E-state index in [4.69, 9.17) is 24.4 Å². The summed E-state index contributed by atoms with van der Waals surface area (Å²) in [7, 11) is 5.22. The number of fused-ring (bicyclic) bond motifs is 1. The Hall–Kier alpha value is -6.35. The summed E-state index contributed by atoms with van der Waals surface area (Å²) in [5, 5.41) is 10.2. The van der Waals surface area contributed by atoms with Gasteiger partial charge in [-0.05, 0) is 52.9 Å². The van der Waals surface area contributed by atoms with Crippen LogP contribution < -0.4 is 14.4 Å². The summed E-state index contributed by atoms with van der Waals surface area (Å²) in [5.41, 5.74) is 6.64. The van der Waals surface area contributed by atoms with Crippen LogP contribution in [-0.2, 0) is 20.1 Å². The van der Waals surface area contributed by atoms with Gasteiger partial charge in [0.25, 0.3) is 0 Å².